The molecule has 106 valence electrons. The maximum absolute atomic E-state index is 12.5. The van der Waals surface area contributed by atoms with Crippen molar-refractivity contribution in [1.82, 2.24) is 4.90 Å². The van der Waals surface area contributed by atoms with E-state index in [0.29, 0.717) is 17.9 Å². The molecule has 3 heteroatoms. The van der Waals surface area contributed by atoms with Gasteiger partial charge in [0.25, 0.3) is 0 Å². The maximum Gasteiger partial charge on any atom is 0.223 e. The predicted molar refractivity (Wildman–Crippen MR) is 81.1 cm³/mol. The lowest BCUT2D eigenvalue weighted by molar-refractivity contribution is -0.134. The fourth-order valence-corrected chi connectivity index (χ4v) is 3.47. The van der Waals surface area contributed by atoms with E-state index in [0.717, 1.165) is 31.1 Å². The fourth-order valence-electron chi connectivity index (χ4n) is 3.09. The molecule has 1 aliphatic rings. The Bertz CT molecular complexity index is 235. The smallest absolute Gasteiger partial charge is 0.223 e. The van der Waals surface area contributed by atoms with E-state index < -0.39 is 0 Å². The Morgan fingerprint density at radius 3 is 2.33 bits per heavy atom. The number of carbonyl (C=O) groups excluding carboxylic acids is 1. The van der Waals surface area contributed by atoms with Gasteiger partial charge in [-0.05, 0) is 31.6 Å². The van der Waals surface area contributed by atoms with Gasteiger partial charge < -0.3 is 4.90 Å². The summed E-state index contributed by atoms with van der Waals surface area (Å²) in [6.07, 6.45) is 9.45. The molecule has 0 unspecified atom stereocenters. The second-order valence-electron chi connectivity index (χ2n) is 5.45. The second kappa shape index (κ2) is 8.95. The highest BCUT2D eigenvalue weighted by Gasteiger charge is 2.24. The van der Waals surface area contributed by atoms with Crippen LogP contribution in [0.3, 0.4) is 0 Å². The molecule has 1 aliphatic carbocycles. The third-order valence-corrected chi connectivity index (χ3v) is 4.57. The van der Waals surface area contributed by atoms with Gasteiger partial charge in [-0.15, -0.1) is 0 Å². The van der Waals surface area contributed by atoms with Crippen LogP contribution in [0.5, 0.6) is 0 Å². The molecule has 1 rings (SSSR count). The fraction of sp³-hybridized carbons (Fsp3) is 0.933. The molecule has 0 radical (unpaired) electrons. The number of hydrogen-bond acceptors (Lipinski definition) is 1. The number of halogens is 1. The number of amides is 1. The van der Waals surface area contributed by atoms with Gasteiger partial charge in [-0.1, -0.05) is 49.0 Å². The summed E-state index contributed by atoms with van der Waals surface area (Å²) >= 11 is 3.48. The third kappa shape index (κ3) is 4.91. The Morgan fingerprint density at radius 2 is 1.83 bits per heavy atom. The summed E-state index contributed by atoms with van der Waals surface area (Å²) in [4.78, 5) is 14.6. The lowest BCUT2D eigenvalue weighted by Crippen LogP contribution is -2.41. The van der Waals surface area contributed by atoms with Crippen LogP contribution < -0.4 is 0 Å². The standard InChI is InChI=1S/C15H28BrNO/c1-3-14(4-2)17(11-10-16)15(18)12-13-8-6-5-7-9-13/h13-14H,3-12H2,1-2H3. The van der Waals surface area contributed by atoms with Gasteiger partial charge in [-0.25, -0.2) is 0 Å². The summed E-state index contributed by atoms with van der Waals surface area (Å²) in [5.41, 5.74) is 0. The Balaban J connectivity index is 2.52. The van der Waals surface area contributed by atoms with Crippen molar-refractivity contribution in [3.05, 3.63) is 0 Å². The molecule has 0 spiro atoms. The SMILES string of the molecule is CCC(CC)N(CCBr)C(=O)CC1CCCCC1. The first-order valence-electron chi connectivity index (χ1n) is 7.58. The molecule has 1 saturated carbocycles. The first-order valence-corrected chi connectivity index (χ1v) is 8.70. The predicted octanol–water partition coefficient (Wildman–Crippen LogP) is 4.37. The van der Waals surface area contributed by atoms with Gasteiger partial charge in [0.05, 0.1) is 0 Å². The van der Waals surface area contributed by atoms with E-state index in [1.807, 2.05) is 0 Å². The molecule has 0 atom stereocenters. The van der Waals surface area contributed by atoms with Gasteiger partial charge in [0, 0.05) is 24.3 Å². The van der Waals surface area contributed by atoms with E-state index >= 15 is 0 Å². The van der Waals surface area contributed by atoms with Crippen LogP contribution in [0.2, 0.25) is 0 Å². The van der Waals surface area contributed by atoms with Gasteiger partial charge in [-0.3, -0.25) is 4.79 Å². The molecule has 0 bridgehead atoms. The van der Waals surface area contributed by atoms with Crippen molar-refractivity contribution in [3.8, 4) is 0 Å². The summed E-state index contributed by atoms with van der Waals surface area (Å²) < 4.78 is 0. The number of carbonyl (C=O) groups is 1. The van der Waals surface area contributed by atoms with Gasteiger partial charge in [-0.2, -0.15) is 0 Å². The zero-order valence-electron chi connectivity index (χ0n) is 12.0. The summed E-state index contributed by atoms with van der Waals surface area (Å²) in [7, 11) is 0. The molecule has 2 nitrogen and oxygen atoms in total. The molecule has 0 saturated heterocycles. The van der Waals surface area contributed by atoms with Gasteiger partial charge in [0.15, 0.2) is 0 Å². The van der Waals surface area contributed by atoms with Crippen molar-refractivity contribution in [3.63, 3.8) is 0 Å². The van der Waals surface area contributed by atoms with E-state index in [1.54, 1.807) is 0 Å². The number of alkyl halides is 1. The van der Waals surface area contributed by atoms with Crippen LogP contribution in [-0.4, -0.2) is 28.7 Å². The first-order chi connectivity index (χ1) is 8.72. The molecule has 1 amide bonds. The first kappa shape index (κ1) is 16.0. The second-order valence-corrected chi connectivity index (χ2v) is 6.25. The third-order valence-electron chi connectivity index (χ3n) is 4.22. The van der Waals surface area contributed by atoms with Crippen molar-refractivity contribution in [2.45, 2.75) is 71.3 Å². The summed E-state index contributed by atoms with van der Waals surface area (Å²) in [6.45, 7) is 5.23. The number of hydrogen-bond donors (Lipinski definition) is 0. The lowest BCUT2D eigenvalue weighted by atomic mass is 9.86. The molecular formula is C15H28BrNO. The highest BCUT2D eigenvalue weighted by Crippen LogP contribution is 2.27. The topological polar surface area (TPSA) is 20.3 Å². The minimum atomic E-state index is 0.384. The minimum Gasteiger partial charge on any atom is -0.339 e. The Hall–Kier alpha value is -0.0500. The molecule has 0 heterocycles. The highest BCUT2D eigenvalue weighted by atomic mass is 79.9. The van der Waals surface area contributed by atoms with Gasteiger partial charge in [0.1, 0.15) is 0 Å². The summed E-state index contributed by atoms with van der Waals surface area (Å²) in [5.74, 6) is 1.04. The van der Waals surface area contributed by atoms with Crippen LogP contribution in [0.25, 0.3) is 0 Å². The Labute approximate surface area is 121 Å². The zero-order chi connectivity index (χ0) is 13.4. The van der Waals surface area contributed by atoms with Crippen LogP contribution in [0.4, 0.5) is 0 Å². The average molecular weight is 318 g/mol. The normalized spacial score (nSPS) is 17.1. The quantitative estimate of drug-likeness (QED) is 0.638. The molecule has 0 aliphatic heterocycles. The monoisotopic (exact) mass is 317 g/mol. The molecular weight excluding hydrogens is 290 g/mol. The largest absolute Gasteiger partial charge is 0.339 e. The molecule has 1 fully saturated rings. The van der Waals surface area contributed by atoms with Crippen LogP contribution in [-0.2, 0) is 4.79 Å². The van der Waals surface area contributed by atoms with Crippen LogP contribution in [0.15, 0.2) is 0 Å². The van der Waals surface area contributed by atoms with E-state index in [4.69, 9.17) is 0 Å². The van der Waals surface area contributed by atoms with Crippen molar-refractivity contribution in [2.24, 2.45) is 5.92 Å². The van der Waals surface area contributed by atoms with Crippen LogP contribution >= 0.6 is 15.9 Å². The van der Waals surface area contributed by atoms with Gasteiger partial charge in [0.2, 0.25) is 5.91 Å². The molecule has 0 aromatic rings. The molecule has 0 aromatic heterocycles. The molecule has 18 heavy (non-hydrogen) atoms. The maximum atomic E-state index is 12.5. The average Bonchev–Trinajstić information content (AvgIpc) is 2.40. The van der Waals surface area contributed by atoms with Crippen molar-refractivity contribution >= 4 is 21.8 Å². The Kier molecular flexibility index (Phi) is 7.96. The zero-order valence-corrected chi connectivity index (χ0v) is 13.5. The van der Waals surface area contributed by atoms with Crippen molar-refractivity contribution in [1.29, 1.82) is 0 Å². The molecule has 0 N–H and O–H groups in total. The summed E-state index contributed by atoms with van der Waals surface area (Å²) in [5, 5.41) is 0.889. The number of nitrogens with zero attached hydrogens (tertiary/aromatic N) is 1. The summed E-state index contributed by atoms with van der Waals surface area (Å²) in [6, 6.07) is 0.429. The van der Waals surface area contributed by atoms with Crippen LogP contribution in [0, 0.1) is 5.92 Å². The van der Waals surface area contributed by atoms with Gasteiger partial charge >= 0.3 is 0 Å². The number of rotatable bonds is 7. The van der Waals surface area contributed by atoms with Crippen LogP contribution in [0.1, 0.15) is 65.2 Å². The van der Waals surface area contributed by atoms with E-state index in [2.05, 4.69) is 34.7 Å². The van der Waals surface area contributed by atoms with E-state index in [-0.39, 0.29) is 0 Å². The Morgan fingerprint density at radius 1 is 1.22 bits per heavy atom. The van der Waals surface area contributed by atoms with Crippen molar-refractivity contribution < 1.29 is 4.79 Å². The molecule has 0 aromatic carbocycles. The van der Waals surface area contributed by atoms with E-state index in [9.17, 15) is 4.79 Å². The lowest BCUT2D eigenvalue weighted by Gasteiger charge is -2.32. The van der Waals surface area contributed by atoms with Crippen molar-refractivity contribution in [2.75, 3.05) is 11.9 Å². The minimum absolute atomic E-state index is 0.384. The van der Waals surface area contributed by atoms with E-state index in [1.165, 1.54) is 32.1 Å². The highest BCUT2D eigenvalue weighted by molar-refractivity contribution is 9.09.